The van der Waals surface area contributed by atoms with Crippen molar-refractivity contribution in [2.24, 2.45) is 16.6 Å². The van der Waals surface area contributed by atoms with Gasteiger partial charge in [0.2, 0.25) is 0 Å². The number of nitrogens with two attached hydrogens (primary N) is 1. The van der Waals surface area contributed by atoms with Gasteiger partial charge in [0.05, 0.1) is 0 Å². The van der Waals surface area contributed by atoms with E-state index in [1.807, 2.05) is 42.5 Å². The van der Waals surface area contributed by atoms with Crippen LogP contribution in [-0.4, -0.2) is 12.5 Å². The maximum Gasteiger partial charge on any atom is 0.193 e. The molecular weight excluding hydrogens is 317 g/mol. The number of guanidine groups is 1. The fourth-order valence-corrected chi connectivity index (χ4v) is 3.11. The van der Waals surface area contributed by atoms with Crippen LogP contribution < -0.4 is 11.1 Å². The molecule has 2 aromatic rings. The summed E-state index contributed by atoms with van der Waals surface area (Å²) in [6.07, 6.45) is 1.09. The molecular formula is C17H17Cl2N3. The van der Waals surface area contributed by atoms with Crippen LogP contribution in [0.25, 0.3) is 0 Å². The average Bonchev–Trinajstić information content (AvgIpc) is 3.25. The van der Waals surface area contributed by atoms with Crippen molar-refractivity contribution in [2.75, 3.05) is 11.9 Å². The van der Waals surface area contributed by atoms with E-state index in [9.17, 15) is 0 Å². The van der Waals surface area contributed by atoms with Crippen LogP contribution in [-0.2, 0) is 0 Å². The Balaban J connectivity index is 1.56. The van der Waals surface area contributed by atoms with Gasteiger partial charge in [-0.25, -0.2) is 0 Å². The molecule has 0 aliphatic heterocycles. The van der Waals surface area contributed by atoms with Gasteiger partial charge in [0.25, 0.3) is 0 Å². The number of aliphatic imine (C=N–C) groups is 1. The van der Waals surface area contributed by atoms with Crippen molar-refractivity contribution in [2.45, 2.75) is 12.3 Å². The van der Waals surface area contributed by atoms with Gasteiger partial charge < -0.3 is 11.1 Å². The van der Waals surface area contributed by atoms with E-state index in [0.717, 1.165) is 22.7 Å². The van der Waals surface area contributed by atoms with Crippen LogP contribution in [0.5, 0.6) is 0 Å². The monoisotopic (exact) mass is 333 g/mol. The molecule has 3 nitrogen and oxygen atoms in total. The van der Waals surface area contributed by atoms with E-state index in [1.54, 1.807) is 6.07 Å². The molecule has 0 aromatic heterocycles. The second-order valence-corrected chi connectivity index (χ2v) is 6.33. The first-order valence-corrected chi connectivity index (χ1v) is 7.96. The predicted octanol–water partition coefficient (Wildman–Crippen LogP) is 4.52. The molecule has 22 heavy (non-hydrogen) atoms. The molecule has 3 rings (SSSR count). The lowest BCUT2D eigenvalue weighted by Crippen LogP contribution is -2.23. The van der Waals surface area contributed by atoms with Crippen molar-refractivity contribution in [3.05, 3.63) is 64.1 Å². The number of anilines is 1. The molecule has 2 unspecified atom stereocenters. The molecule has 1 aliphatic carbocycles. The van der Waals surface area contributed by atoms with Crippen LogP contribution >= 0.6 is 23.2 Å². The Bertz CT molecular complexity index is 686. The normalized spacial score (nSPS) is 20.7. The van der Waals surface area contributed by atoms with Gasteiger partial charge in [-0.1, -0.05) is 47.5 Å². The summed E-state index contributed by atoms with van der Waals surface area (Å²) in [5.41, 5.74) is 8.01. The number of benzene rings is 2. The molecule has 0 bridgehead atoms. The summed E-state index contributed by atoms with van der Waals surface area (Å²) in [6.45, 7) is 0.704. The Morgan fingerprint density at radius 3 is 2.68 bits per heavy atom. The van der Waals surface area contributed by atoms with Crippen molar-refractivity contribution in [3.8, 4) is 0 Å². The summed E-state index contributed by atoms with van der Waals surface area (Å²) in [6, 6.07) is 15.5. The molecule has 0 spiro atoms. The number of nitrogens with one attached hydrogen (secondary N) is 1. The first kappa shape index (κ1) is 15.2. The summed E-state index contributed by atoms with van der Waals surface area (Å²) < 4.78 is 0. The van der Waals surface area contributed by atoms with Crippen molar-refractivity contribution in [3.63, 3.8) is 0 Å². The van der Waals surface area contributed by atoms with Crippen LogP contribution in [0.2, 0.25) is 10.0 Å². The van der Waals surface area contributed by atoms with E-state index in [4.69, 9.17) is 28.9 Å². The highest BCUT2D eigenvalue weighted by molar-refractivity contribution is 6.35. The first-order chi connectivity index (χ1) is 10.6. The highest BCUT2D eigenvalue weighted by Crippen LogP contribution is 2.49. The lowest BCUT2D eigenvalue weighted by molar-refractivity contribution is 0.809. The van der Waals surface area contributed by atoms with Gasteiger partial charge in [-0.15, -0.1) is 0 Å². The molecule has 1 saturated carbocycles. The molecule has 0 radical (unpaired) electrons. The number of halogens is 2. The topological polar surface area (TPSA) is 50.4 Å². The molecule has 2 atom stereocenters. The Morgan fingerprint density at radius 2 is 1.95 bits per heavy atom. The predicted molar refractivity (Wildman–Crippen MR) is 93.9 cm³/mol. The number of hydrogen-bond donors (Lipinski definition) is 2. The highest BCUT2D eigenvalue weighted by Gasteiger charge is 2.39. The van der Waals surface area contributed by atoms with Gasteiger partial charge in [0.15, 0.2) is 5.96 Å². The van der Waals surface area contributed by atoms with Gasteiger partial charge in [-0.05, 0) is 48.1 Å². The fourth-order valence-electron chi connectivity index (χ4n) is 2.56. The summed E-state index contributed by atoms with van der Waals surface area (Å²) in [7, 11) is 0. The van der Waals surface area contributed by atoms with Gasteiger partial charge >= 0.3 is 0 Å². The molecule has 0 amide bonds. The summed E-state index contributed by atoms with van der Waals surface area (Å²) in [5, 5.41) is 4.49. The second-order valence-electron chi connectivity index (χ2n) is 5.49. The first-order valence-electron chi connectivity index (χ1n) is 7.20. The molecule has 0 heterocycles. The van der Waals surface area contributed by atoms with Crippen LogP contribution in [0, 0.1) is 5.92 Å². The maximum absolute atomic E-state index is 6.24. The maximum atomic E-state index is 6.24. The van der Waals surface area contributed by atoms with Crippen molar-refractivity contribution >= 4 is 34.8 Å². The number of para-hydroxylation sites is 1. The van der Waals surface area contributed by atoms with E-state index in [2.05, 4.69) is 10.3 Å². The van der Waals surface area contributed by atoms with Gasteiger partial charge in [0, 0.05) is 22.3 Å². The summed E-state index contributed by atoms with van der Waals surface area (Å²) in [5.74, 6) is 1.40. The molecule has 114 valence electrons. The molecule has 3 N–H and O–H groups in total. The smallest absolute Gasteiger partial charge is 0.193 e. The van der Waals surface area contributed by atoms with Crippen LogP contribution in [0.15, 0.2) is 53.5 Å². The van der Waals surface area contributed by atoms with Gasteiger partial charge in [-0.2, -0.15) is 0 Å². The molecule has 1 fully saturated rings. The lowest BCUT2D eigenvalue weighted by Gasteiger charge is -2.05. The Hall–Kier alpha value is -1.71. The lowest BCUT2D eigenvalue weighted by atomic mass is 10.1. The Labute approximate surface area is 140 Å². The van der Waals surface area contributed by atoms with E-state index >= 15 is 0 Å². The zero-order valence-electron chi connectivity index (χ0n) is 12.0. The third-order valence-electron chi connectivity index (χ3n) is 3.83. The average molecular weight is 334 g/mol. The number of rotatable bonds is 4. The Kier molecular flexibility index (Phi) is 4.55. The number of nitrogens with zero attached hydrogens (tertiary/aromatic N) is 1. The minimum atomic E-state index is 0.444. The van der Waals surface area contributed by atoms with Crippen LogP contribution in [0.3, 0.4) is 0 Å². The zero-order valence-corrected chi connectivity index (χ0v) is 13.5. The van der Waals surface area contributed by atoms with E-state index < -0.39 is 0 Å². The summed E-state index contributed by atoms with van der Waals surface area (Å²) >= 11 is 12.2. The second kappa shape index (κ2) is 6.59. The molecule has 5 heteroatoms. The van der Waals surface area contributed by atoms with Crippen molar-refractivity contribution < 1.29 is 0 Å². The third kappa shape index (κ3) is 3.73. The minimum Gasteiger partial charge on any atom is -0.370 e. The number of hydrogen-bond acceptors (Lipinski definition) is 1. The Morgan fingerprint density at radius 1 is 1.18 bits per heavy atom. The van der Waals surface area contributed by atoms with Crippen LogP contribution in [0.4, 0.5) is 5.69 Å². The molecule has 0 saturated heterocycles. The van der Waals surface area contributed by atoms with Gasteiger partial charge in [-0.3, -0.25) is 4.99 Å². The van der Waals surface area contributed by atoms with Crippen molar-refractivity contribution in [1.29, 1.82) is 0 Å². The van der Waals surface area contributed by atoms with Crippen LogP contribution in [0.1, 0.15) is 17.9 Å². The fraction of sp³-hybridized carbons (Fsp3) is 0.235. The third-order valence-corrected chi connectivity index (χ3v) is 4.39. The SMILES string of the molecule is NC(=NCC1CC1c1ccc(Cl)cc1Cl)Nc1ccccc1. The van der Waals surface area contributed by atoms with Gasteiger partial charge in [0.1, 0.15) is 0 Å². The van der Waals surface area contributed by atoms with E-state index in [0.29, 0.717) is 29.4 Å². The quantitative estimate of drug-likeness (QED) is 0.638. The van der Waals surface area contributed by atoms with Crippen molar-refractivity contribution in [1.82, 2.24) is 0 Å². The zero-order chi connectivity index (χ0) is 15.5. The standard InChI is InChI=1S/C17H17Cl2N3/c18-12-6-7-14(16(19)9-12)15-8-11(15)10-21-17(20)22-13-4-2-1-3-5-13/h1-7,9,11,15H,8,10H2,(H3,20,21,22). The highest BCUT2D eigenvalue weighted by atomic mass is 35.5. The van der Waals surface area contributed by atoms with E-state index in [-0.39, 0.29) is 0 Å². The molecule has 2 aromatic carbocycles. The largest absolute Gasteiger partial charge is 0.370 e. The summed E-state index contributed by atoms with van der Waals surface area (Å²) in [4.78, 5) is 4.42. The molecule has 1 aliphatic rings. The minimum absolute atomic E-state index is 0.444. The van der Waals surface area contributed by atoms with E-state index in [1.165, 1.54) is 0 Å².